The number of carbonyl (C=O) groups excluding carboxylic acids is 2. The second-order valence-corrected chi connectivity index (χ2v) is 5.33. The molecule has 0 bridgehead atoms. The van der Waals surface area contributed by atoms with Crippen LogP contribution in [-0.2, 0) is 11.3 Å². The van der Waals surface area contributed by atoms with Crippen LogP contribution in [0.25, 0.3) is 0 Å². The Bertz CT molecular complexity index is 743. The molecule has 0 fully saturated rings. The van der Waals surface area contributed by atoms with E-state index in [1.54, 1.807) is 26.2 Å². The second-order valence-electron chi connectivity index (χ2n) is 5.33. The fourth-order valence-electron chi connectivity index (χ4n) is 1.99. The standard InChI is InChI=1S/C18H20N4O3/c1-13(21-22-18(24)15-7-9-19-10-8-15)11-17(23)20-12-14-3-5-16(25-2)6-4-14/h3-10H,11-12H2,1-2H3,(H,20,23)(H,22,24)/b21-13+. The average Bonchev–Trinajstić information content (AvgIpc) is 2.65. The molecule has 1 aromatic carbocycles. The van der Waals surface area contributed by atoms with Gasteiger partial charge in [0.15, 0.2) is 0 Å². The van der Waals surface area contributed by atoms with Gasteiger partial charge in [0.05, 0.1) is 13.5 Å². The number of nitrogens with one attached hydrogen (secondary N) is 2. The number of hydrogen-bond acceptors (Lipinski definition) is 5. The van der Waals surface area contributed by atoms with E-state index in [0.717, 1.165) is 11.3 Å². The predicted molar refractivity (Wildman–Crippen MR) is 94.3 cm³/mol. The van der Waals surface area contributed by atoms with Crippen LogP contribution in [0.15, 0.2) is 53.9 Å². The molecule has 2 amide bonds. The first-order valence-electron chi connectivity index (χ1n) is 7.71. The van der Waals surface area contributed by atoms with E-state index < -0.39 is 0 Å². The molecule has 0 aliphatic heterocycles. The van der Waals surface area contributed by atoms with E-state index in [2.05, 4.69) is 20.8 Å². The second kappa shape index (κ2) is 9.17. The summed E-state index contributed by atoms with van der Waals surface area (Å²) >= 11 is 0. The Morgan fingerprint density at radius 1 is 1.12 bits per heavy atom. The number of hydrazone groups is 1. The van der Waals surface area contributed by atoms with Crippen LogP contribution in [0, 0.1) is 0 Å². The highest BCUT2D eigenvalue weighted by Crippen LogP contribution is 2.10. The highest BCUT2D eigenvalue weighted by Gasteiger charge is 2.06. The van der Waals surface area contributed by atoms with Gasteiger partial charge in [0, 0.05) is 30.2 Å². The summed E-state index contributed by atoms with van der Waals surface area (Å²) in [7, 11) is 1.60. The van der Waals surface area contributed by atoms with E-state index in [9.17, 15) is 9.59 Å². The Labute approximate surface area is 146 Å². The maximum Gasteiger partial charge on any atom is 0.271 e. The molecule has 0 unspecified atom stereocenters. The van der Waals surface area contributed by atoms with Crippen molar-refractivity contribution < 1.29 is 14.3 Å². The summed E-state index contributed by atoms with van der Waals surface area (Å²) in [4.78, 5) is 27.6. The van der Waals surface area contributed by atoms with Crippen LogP contribution in [0.4, 0.5) is 0 Å². The van der Waals surface area contributed by atoms with Gasteiger partial charge in [0.25, 0.3) is 5.91 Å². The summed E-state index contributed by atoms with van der Waals surface area (Å²) in [5, 5.41) is 6.74. The molecule has 2 aromatic rings. The smallest absolute Gasteiger partial charge is 0.271 e. The molecule has 25 heavy (non-hydrogen) atoms. The predicted octanol–water partition coefficient (Wildman–Crippen LogP) is 1.90. The molecule has 7 nitrogen and oxygen atoms in total. The van der Waals surface area contributed by atoms with Crippen LogP contribution in [0.1, 0.15) is 29.3 Å². The molecule has 0 radical (unpaired) electrons. The van der Waals surface area contributed by atoms with Gasteiger partial charge in [0.1, 0.15) is 5.75 Å². The molecule has 1 aromatic heterocycles. The van der Waals surface area contributed by atoms with E-state index in [4.69, 9.17) is 4.74 Å². The lowest BCUT2D eigenvalue weighted by Gasteiger charge is -2.06. The zero-order valence-electron chi connectivity index (χ0n) is 14.2. The molecule has 2 rings (SSSR count). The maximum atomic E-state index is 11.9. The van der Waals surface area contributed by atoms with Gasteiger partial charge < -0.3 is 10.1 Å². The van der Waals surface area contributed by atoms with Gasteiger partial charge in [-0.1, -0.05) is 12.1 Å². The number of aromatic nitrogens is 1. The number of hydrogen-bond donors (Lipinski definition) is 2. The van der Waals surface area contributed by atoms with E-state index in [0.29, 0.717) is 17.8 Å². The van der Waals surface area contributed by atoms with Gasteiger partial charge in [-0.05, 0) is 36.8 Å². The Hall–Kier alpha value is -3.22. The Balaban J connectivity index is 1.77. The zero-order chi connectivity index (χ0) is 18.1. The molecule has 0 aliphatic rings. The fourth-order valence-corrected chi connectivity index (χ4v) is 1.99. The molecular weight excluding hydrogens is 320 g/mol. The number of amides is 2. The summed E-state index contributed by atoms with van der Waals surface area (Å²) in [6.45, 7) is 2.10. The van der Waals surface area contributed by atoms with Gasteiger partial charge in [0.2, 0.25) is 5.91 Å². The molecule has 0 saturated carbocycles. The number of nitrogens with zero attached hydrogens (tertiary/aromatic N) is 2. The van der Waals surface area contributed by atoms with Crippen LogP contribution < -0.4 is 15.5 Å². The topological polar surface area (TPSA) is 92.7 Å². The molecule has 1 heterocycles. The van der Waals surface area contributed by atoms with Crippen molar-refractivity contribution in [2.24, 2.45) is 5.10 Å². The normalized spacial score (nSPS) is 10.9. The van der Waals surface area contributed by atoms with Gasteiger partial charge in [-0.2, -0.15) is 5.10 Å². The monoisotopic (exact) mass is 340 g/mol. The first kappa shape index (κ1) is 18.1. The molecule has 0 saturated heterocycles. The minimum absolute atomic E-state index is 0.104. The molecular formula is C18H20N4O3. The Morgan fingerprint density at radius 2 is 1.80 bits per heavy atom. The van der Waals surface area contributed by atoms with Gasteiger partial charge in [-0.25, -0.2) is 5.43 Å². The molecule has 130 valence electrons. The summed E-state index contributed by atoms with van der Waals surface area (Å²) < 4.78 is 5.08. The summed E-state index contributed by atoms with van der Waals surface area (Å²) in [5.74, 6) is 0.249. The van der Waals surface area contributed by atoms with E-state index in [1.807, 2.05) is 24.3 Å². The Kier molecular flexibility index (Phi) is 6.65. The van der Waals surface area contributed by atoms with Gasteiger partial charge >= 0.3 is 0 Å². The molecule has 0 aliphatic carbocycles. The minimum atomic E-state index is -0.347. The SMILES string of the molecule is COc1ccc(CNC(=O)C/C(C)=N/NC(=O)c2ccncc2)cc1. The van der Waals surface area contributed by atoms with Gasteiger partial charge in [-0.3, -0.25) is 14.6 Å². The quantitative estimate of drug-likeness (QED) is 0.595. The molecule has 2 N–H and O–H groups in total. The molecule has 7 heteroatoms. The average molecular weight is 340 g/mol. The lowest BCUT2D eigenvalue weighted by Crippen LogP contribution is -2.26. The van der Waals surface area contributed by atoms with E-state index >= 15 is 0 Å². The number of pyridine rings is 1. The fraction of sp³-hybridized carbons (Fsp3) is 0.222. The van der Waals surface area contributed by atoms with Crippen LogP contribution in [0.5, 0.6) is 5.75 Å². The number of ether oxygens (including phenoxy) is 1. The molecule has 0 spiro atoms. The molecule has 0 atom stereocenters. The highest BCUT2D eigenvalue weighted by atomic mass is 16.5. The third-order valence-electron chi connectivity index (χ3n) is 3.36. The third kappa shape index (κ3) is 6.06. The number of benzene rings is 1. The number of carbonyl (C=O) groups is 2. The van der Waals surface area contributed by atoms with Crippen molar-refractivity contribution in [2.45, 2.75) is 19.9 Å². The largest absolute Gasteiger partial charge is 0.497 e. The van der Waals surface area contributed by atoms with Crippen LogP contribution >= 0.6 is 0 Å². The summed E-state index contributed by atoms with van der Waals surface area (Å²) in [5.41, 5.74) is 4.35. The van der Waals surface area contributed by atoms with Crippen molar-refractivity contribution in [3.8, 4) is 5.75 Å². The zero-order valence-corrected chi connectivity index (χ0v) is 14.2. The maximum absolute atomic E-state index is 11.9. The summed E-state index contributed by atoms with van der Waals surface area (Å²) in [6.07, 6.45) is 3.16. The van der Waals surface area contributed by atoms with E-state index in [1.165, 1.54) is 12.4 Å². The lowest BCUT2D eigenvalue weighted by molar-refractivity contribution is -0.120. The highest BCUT2D eigenvalue weighted by molar-refractivity contribution is 6.01. The third-order valence-corrected chi connectivity index (χ3v) is 3.36. The van der Waals surface area contributed by atoms with Crippen molar-refractivity contribution in [3.05, 3.63) is 59.9 Å². The van der Waals surface area contributed by atoms with Crippen molar-refractivity contribution >= 4 is 17.5 Å². The first-order chi connectivity index (χ1) is 12.1. The van der Waals surface area contributed by atoms with Crippen molar-refractivity contribution in [2.75, 3.05) is 7.11 Å². The van der Waals surface area contributed by atoms with Crippen LogP contribution in [0.3, 0.4) is 0 Å². The van der Waals surface area contributed by atoms with Crippen molar-refractivity contribution in [1.29, 1.82) is 0 Å². The number of methoxy groups -OCH3 is 1. The van der Waals surface area contributed by atoms with Crippen molar-refractivity contribution in [3.63, 3.8) is 0 Å². The van der Waals surface area contributed by atoms with Gasteiger partial charge in [-0.15, -0.1) is 0 Å². The van der Waals surface area contributed by atoms with Crippen LogP contribution in [0.2, 0.25) is 0 Å². The van der Waals surface area contributed by atoms with E-state index in [-0.39, 0.29) is 18.2 Å². The van der Waals surface area contributed by atoms with Crippen molar-refractivity contribution in [1.82, 2.24) is 15.7 Å². The number of rotatable bonds is 7. The van der Waals surface area contributed by atoms with Crippen LogP contribution in [-0.4, -0.2) is 29.6 Å². The lowest BCUT2D eigenvalue weighted by atomic mass is 10.2. The summed E-state index contributed by atoms with van der Waals surface area (Å²) in [6, 6.07) is 10.6. The Morgan fingerprint density at radius 3 is 2.44 bits per heavy atom. The first-order valence-corrected chi connectivity index (χ1v) is 7.71. The minimum Gasteiger partial charge on any atom is -0.497 e.